The smallest absolute Gasteiger partial charge is 0.160 e. The standard InChI is InChI=1S/C13H13NO.C7H8O2.C6H15N/c1-3-6-12(15)13-9(2)14-11-8-5-4-7-10(11)13;1-9-7-5-3-2-4-6(7)8;1-3-5-6-7-4-2/h3-8,14-15H,1H2,2H3;2-5,8H,1H3;7H,3-6H2,1-2H3/b12-6+;;. The Bertz CT molecular complexity index is 941. The maximum absolute atomic E-state index is 9.86. The summed E-state index contributed by atoms with van der Waals surface area (Å²) in [5.74, 6) is 0.942. The van der Waals surface area contributed by atoms with Crippen LogP contribution >= 0.6 is 0 Å². The molecule has 0 saturated heterocycles. The number of nitrogens with one attached hydrogen (secondary N) is 2. The van der Waals surface area contributed by atoms with E-state index in [0.717, 1.165) is 28.7 Å². The molecule has 3 rings (SSSR count). The van der Waals surface area contributed by atoms with Crippen molar-refractivity contribution in [3.8, 4) is 11.5 Å². The van der Waals surface area contributed by atoms with Crippen LogP contribution < -0.4 is 10.1 Å². The highest BCUT2D eigenvalue weighted by Crippen LogP contribution is 2.27. The molecule has 0 aliphatic rings. The van der Waals surface area contributed by atoms with Gasteiger partial charge in [0.1, 0.15) is 5.76 Å². The number of fused-ring (bicyclic) bond motifs is 1. The summed E-state index contributed by atoms with van der Waals surface area (Å²) in [7, 11) is 1.52. The Balaban J connectivity index is 0.000000257. The highest BCUT2D eigenvalue weighted by molar-refractivity contribution is 5.92. The Labute approximate surface area is 186 Å². The third-order valence-electron chi connectivity index (χ3n) is 4.47. The molecular formula is C26H36N2O3. The second-order valence-electron chi connectivity index (χ2n) is 6.84. The van der Waals surface area contributed by atoms with Crippen LogP contribution in [0.1, 0.15) is 37.9 Å². The number of hydrogen-bond acceptors (Lipinski definition) is 4. The van der Waals surface area contributed by atoms with Gasteiger partial charge in [0.05, 0.1) is 7.11 Å². The Kier molecular flexibility index (Phi) is 12.3. The zero-order valence-electron chi connectivity index (χ0n) is 19.1. The number of phenolic OH excluding ortho intramolecular Hbond substituents is 1. The van der Waals surface area contributed by atoms with Crippen LogP contribution in [-0.2, 0) is 0 Å². The van der Waals surface area contributed by atoms with Crippen LogP contribution in [0.2, 0.25) is 0 Å². The van der Waals surface area contributed by atoms with Gasteiger partial charge in [0, 0.05) is 22.2 Å². The number of benzene rings is 2. The van der Waals surface area contributed by atoms with E-state index in [0.29, 0.717) is 5.75 Å². The van der Waals surface area contributed by atoms with Gasteiger partial charge in [0.15, 0.2) is 11.5 Å². The summed E-state index contributed by atoms with van der Waals surface area (Å²) in [4.78, 5) is 3.23. The number of phenols is 1. The first-order valence-electron chi connectivity index (χ1n) is 10.6. The maximum Gasteiger partial charge on any atom is 0.160 e. The molecule has 5 heteroatoms. The minimum Gasteiger partial charge on any atom is -0.507 e. The molecule has 0 fully saturated rings. The van der Waals surface area contributed by atoms with E-state index in [2.05, 4.69) is 30.7 Å². The molecule has 5 nitrogen and oxygen atoms in total. The second-order valence-corrected chi connectivity index (χ2v) is 6.84. The van der Waals surface area contributed by atoms with Gasteiger partial charge in [-0.1, -0.05) is 63.3 Å². The summed E-state index contributed by atoms with van der Waals surface area (Å²) in [5, 5.41) is 23.1. The van der Waals surface area contributed by atoms with Crippen molar-refractivity contribution >= 4 is 16.7 Å². The Morgan fingerprint density at radius 2 is 1.81 bits per heavy atom. The van der Waals surface area contributed by atoms with Crippen LogP contribution in [0.3, 0.4) is 0 Å². The van der Waals surface area contributed by atoms with Crippen LogP contribution in [0.25, 0.3) is 16.7 Å². The van der Waals surface area contributed by atoms with Gasteiger partial charge >= 0.3 is 0 Å². The molecule has 3 aromatic rings. The third-order valence-corrected chi connectivity index (χ3v) is 4.47. The number of rotatable bonds is 7. The Morgan fingerprint density at radius 1 is 1.13 bits per heavy atom. The summed E-state index contributed by atoms with van der Waals surface area (Å²) in [6.07, 6.45) is 5.79. The first kappa shape index (κ1) is 25.9. The van der Waals surface area contributed by atoms with Gasteiger partial charge in [0.2, 0.25) is 0 Å². The Hall–Kier alpha value is -3.18. The fourth-order valence-corrected chi connectivity index (χ4v) is 2.91. The van der Waals surface area contributed by atoms with Crippen LogP contribution in [0.4, 0.5) is 0 Å². The molecule has 0 atom stereocenters. The van der Waals surface area contributed by atoms with Crippen molar-refractivity contribution < 1.29 is 14.9 Å². The fourth-order valence-electron chi connectivity index (χ4n) is 2.91. The molecule has 31 heavy (non-hydrogen) atoms. The molecule has 0 spiro atoms. The highest BCUT2D eigenvalue weighted by atomic mass is 16.5. The molecule has 4 N–H and O–H groups in total. The summed E-state index contributed by atoms with van der Waals surface area (Å²) in [5.41, 5.74) is 2.85. The van der Waals surface area contributed by atoms with E-state index in [-0.39, 0.29) is 11.5 Å². The molecule has 1 aromatic heterocycles. The van der Waals surface area contributed by atoms with Gasteiger partial charge in [-0.25, -0.2) is 0 Å². The average molecular weight is 425 g/mol. The monoisotopic (exact) mass is 424 g/mol. The number of aromatic hydroxyl groups is 1. The minimum absolute atomic E-state index is 0.181. The number of aromatic amines is 1. The van der Waals surface area contributed by atoms with Crippen molar-refractivity contribution in [1.29, 1.82) is 0 Å². The summed E-state index contributed by atoms with van der Waals surface area (Å²) >= 11 is 0. The number of allylic oxidation sites excluding steroid dienone is 2. The first-order chi connectivity index (χ1) is 15.0. The molecule has 0 radical (unpaired) electrons. The van der Waals surface area contributed by atoms with Crippen molar-refractivity contribution in [1.82, 2.24) is 10.3 Å². The first-order valence-corrected chi connectivity index (χ1v) is 10.6. The molecule has 0 aliphatic carbocycles. The van der Waals surface area contributed by atoms with E-state index in [1.165, 1.54) is 26.5 Å². The van der Waals surface area contributed by atoms with Crippen molar-refractivity contribution in [2.45, 2.75) is 33.6 Å². The van der Waals surface area contributed by atoms with E-state index < -0.39 is 0 Å². The highest BCUT2D eigenvalue weighted by Gasteiger charge is 2.10. The number of H-pyrrole nitrogens is 1. The summed E-state index contributed by atoms with van der Waals surface area (Å²) in [6.45, 7) is 12.2. The second kappa shape index (κ2) is 14.7. The van der Waals surface area contributed by atoms with Gasteiger partial charge in [0.25, 0.3) is 0 Å². The van der Waals surface area contributed by atoms with Crippen molar-refractivity contribution in [2.75, 3.05) is 20.2 Å². The number of para-hydroxylation sites is 3. The number of hydrogen-bond donors (Lipinski definition) is 4. The SMILES string of the molecule is C=C/C=C(/O)c1c(C)[nH]c2ccccc12.CCCCNCC.COc1ccccc1O. The molecule has 2 aromatic carbocycles. The zero-order valence-corrected chi connectivity index (χ0v) is 19.1. The van der Waals surface area contributed by atoms with Crippen molar-refractivity contribution in [2.24, 2.45) is 0 Å². The van der Waals surface area contributed by atoms with E-state index in [9.17, 15) is 5.11 Å². The number of ether oxygens (including phenoxy) is 1. The van der Waals surface area contributed by atoms with Gasteiger partial charge in [-0.2, -0.15) is 0 Å². The number of aromatic nitrogens is 1. The molecule has 0 saturated carbocycles. The topological polar surface area (TPSA) is 77.5 Å². The molecular weight excluding hydrogens is 388 g/mol. The van der Waals surface area contributed by atoms with Crippen LogP contribution in [0.5, 0.6) is 11.5 Å². The van der Waals surface area contributed by atoms with E-state index in [1.807, 2.05) is 31.2 Å². The average Bonchev–Trinajstić information content (AvgIpc) is 3.11. The van der Waals surface area contributed by atoms with Gasteiger partial charge < -0.3 is 25.3 Å². The lowest BCUT2D eigenvalue weighted by atomic mass is 10.1. The molecule has 1 heterocycles. The zero-order chi connectivity index (χ0) is 23.1. The predicted molar refractivity (Wildman–Crippen MR) is 132 cm³/mol. The quantitative estimate of drug-likeness (QED) is 0.202. The molecule has 0 amide bonds. The number of unbranched alkanes of at least 4 members (excludes halogenated alkanes) is 1. The largest absolute Gasteiger partial charge is 0.507 e. The van der Waals surface area contributed by atoms with Gasteiger partial charge in [-0.15, -0.1) is 0 Å². The fraction of sp³-hybridized carbons (Fsp3) is 0.308. The number of aryl methyl sites for hydroxylation is 1. The van der Waals surface area contributed by atoms with Crippen LogP contribution in [-0.4, -0.2) is 35.4 Å². The molecule has 168 valence electrons. The van der Waals surface area contributed by atoms with Crippen molar-refractivity contribution in [3.05, 3.63) is 78.5 Å². The molecule has 0 unspecified atom stereocenters. The lowest BCUT2D eigenvalue weighted by Gasteiger charge is -1.99. The molecule has 0 aliphatic heterocycles. The normalized spacial score (nSPS) is 10.5. The van der Waals surface area contributed by atoms with Gasteiger partial charge in [-0.05, 0) is 50.7 Å². The van der Waals surface area contributed by atoms with E-state index in [4.69, 9.17) is 9.84 Å². The molecule has 0 bridgehead atoms. The number of aliphatic hydroxyl groups excluding tert-OH is 1. The predicted octanol–water partition coefficient (Wildman–Crippen LogP) is 6.36. The summed E-state index contributed by atoms with van der Waals surface area (Å²) in [6, 6.07) is 14.7. The number of methoxy groups -OCH3 is 1. The minimum atomic E-state index is 0.181. The lowest BCUT2D eigenvalue weighted by Crippen LogP contribution is -2.13. The Morgan fingerprint density at radius 3 is 2.39 bits per heavy atom. The third kappa shape index (κ3) is 8.60. The lowest BCUT2D eigenvalue weighted by molar-refractivity contribution is 0.373. The van der Waals surface area contributed by atoms with Crippen LogP contribution in [0, 0.1) is 6.92 Å². The number of aliphatic hydroxyl groups is 1. The van der Waals surface area contributed by atoms with Crippen molar-refractivity contribution in [3.63, 3.8) is 0 Å². The van der Waals surface area contributed by atoms with Crippen LogP contribution in [0.15, 0.2) is 67.3 Å². The van der Waals surface area contributed by atoms with E-state index >= 15 is 0 Å². The maximum atomic E-state index is 9.86. The van der Waals surface area contributed by atoms with Gasteiger partial charge in [-0.3, -0.25) is 0 Å². The summed E-state index contributed by atoms with van der Waals surface area (Å²) < 4.78 is 4.79. The van der Waals surface area contributed by atoms with E-state index in [1.54, 1.807) is 36.4 Å².